The Morgan fingerprint density at radius 3 is 2.26 bits per heavy atom. The molecular formula is C23H20N4O6S2. The summed E-state index contributed by atoms with van der Waals surface area (Å²) in [5.41, 5.74) is 2.43. The average molecular weight is 513 g/mol. The van der Waals surface area contributed by atoms with Gasteiger partial charge >= 0.3 is 0 Å². The van der Waals surface area contributed by atoms with Crippen LogP contribution in [-0.2, 0) is 14.9 Å². The van der Waals surface area contributed by atoms with E-state index in [-0.39, 0.29) is 16.4 Å². The number of nitrogens with zero attached hydrogens (tertiary/aromatic N) is 3. The summed E-state index contributed by atoms with van der Waals surface area (Å²) < 4.78 is 37.7. The summed E-state index contributed by atoms with van der Waals surface area (Å²) in [6, 6.07) is 11.9. The van der Waals surface area contributed by atoms with Crippen molar-refractivity contribution in [3.63, 3.8) is 0 Å². The molecule has 4 rings (SSSR count). The van der Waals surface area contributed by atoms with Gasteiger partial charge in [0.05, 0.1) is 33.1 Å². The van der Waals surface area contributed by atoms with Crippen LogP contribution in [0, 0.1) is 6.92 Å². The number of rotatable bonds is 6. The van der Waals surface area contributed by atoms with E-state index in [1.54, 1.807) is 56.3 Å². The van der Waals surface area contributed by atoms with Crippen molar-refractivity contribution in [1.29, 1.82) is 0 Å². The Morgan fingerprint density at radius 1 is 1.03 bits per heavy atom. The van der Waals surface area contributed by atoms with Gasteiger partial charge in [-0.25, -0.2) is 4.68 Å². The van der Waals surface area contributed by atoms with E-state index in [0.717, 1.165) is 0 Å². The van der Waals surface area contributed by atoms with E-state index < -0.39 is 10.1 Å². The molecule has 0 saturated carbocycles. The largest absolute Gasteiger partial charge is 0.429 e. The molecule has 1 amide bonds. The summed E-state index contributed by atoms with van der Waals surface area (Å²) in [5, 5.41) is 8.52. The smallest absolute Gasteiger partial charge is 0.294 e. The minimum atomic E-state index is -4.33. The standard InChI is InChI=1S/C23H20N4O6S2/c1-14-20(22(28)26(24-14)16-6-10-18(33-34)11-7-16)4-3-5-21-15(2)25-27(23(21)29)17-8-12-19(13-9-17)35(30,31)32/h3-13,25,34H,1-2H3,(H,30,31,32). The van der Waals surface area contributed by atoms with Crippen LogP contribution in [0.5, 0.6) is 5.75 Å². The second-order valence-electron chi connectivity index (χ2n) is 7.59. The molecule has 1 aliphatic heterocycles. The molecule has 2 N–H and O–H groups in total. The molecular weight excluding hydrogens is 492 g/mol. The zero-order chi connectivity index (χ0) is 25.3. The van der Waals surface area contributed by atoms with Crippen molar-refractivity contribution < 1.29 is 21.9 Å². The highest BCUT2D eigenvalue weighted by Crippen LogP contribution is 2.26. The fraction of sp³-hybridized carbons (Fsp3) is 0.0870. The van der Waals surface area contributed by atoms with Gasteiger partial charge in [0.25, 0.3) is 21.6 Å². The highest BCUT2D eigenvalue weighted by molar-refractivity contribution is 7.85. The van der Waals surface area contributed by atoms with E-state index in [4.69, 9.17) is 8.74 Å². The van der Waals surface area contributed by atoms with Gasteiger partial charge in [-0.2, -0.15) is 18.5 Å². The number of aryl methyl sites for hydroxylation is 1. The van der Waals surface area contributed by atoms with E-state index >= 15 is 0 Å². The van der Waals surface area contributed by atoms with Crippen molar-refractivity contribution in [2.24, 2.45) is 5.10 Å². The molecule has 3 aromatic rings. The zero-order valence-corrected chi connectivity index (χ0v) is 20.2. The first-order valence-corrected chi connectivity index (χ1v) is 12.0. The summed E-state index contributed by atoms with van der Waals surface area (Å²) in [6.07, 6.45) is 4.76. The highest BCUT2D eigenvalue weighted by atomic mass is 32.2. The SMILES string of the molecule is CC1=NN(c2ccc(OS)cc2)C(=O)C1=CC=Cc1c(C)[nH]n(-c2ccc(S(=O)(=O)O)cc2)c1=O. The van der Waals surface area contributed by atoms with Gasteiger partial charge < -0.3 is 4.18 Å². The molecule has 35 heavy (non-hydrogen) atoms. The van der Waals surface area contributed by atoms with Gasteiger partial charge in [0.2, 0.25) is 0 Å². The highest BCUT2D eigenvalue weighted by Gasteiger charge is 2.28. The minimum Gasteiger partial charge on any atom is -0.429 e. The number of hydrogen-bond donors (Lipinski definition) is 3. The van der Waals surface area contributed by atoms with E-state index in [9.17, 15) is 18.0 Å². The first-order chi connectivity index (χ1) is 16.6. The topological polar surface area (TPSA) is 134 Å². The number of thiol groups is 1. The van der Waals surface area contributed by atoms with Crippen molar-refractivity contribution in [2.45, 2.75) is 18.7 Å². The van der Waals surface area contributed by atoms with Gasteiger partial charge in [-0.15, -0.1) is 0 Å². The lowest BCUT2D eigenvalue weighted by Gasteiger charge is -2.11. The fourth-order valence-corrected chi connectivity index (χ4v) is 4.08. The number of nitrogens with one attached hydrogen (secondary N) is 1. The average Bonchev–Trinajstić information content (AvgIpc) is 3.28. The lowest BCUT2D eigenvalue weighted by molar-refractivity contribution is -0.114. The molecule has 12 heteroatoms. The number of aromatic amines is 1. The van der Waals surface area contributed by atoms with Crippen LogP contribution < -0.4 is 14.8 Å². The molecule has 0 spiro atoms. The second-order valence-corrected chi connectivity index (χ2v) is 9.19. The van der Waals surface area contributed by atoms with E-state index in [1.807, 2.05) is 0 Å². The number of aromatic nitrogens is 2. The molecule has 0 fully saturated rings. The Bertz CT molecular complexity index is 1550. The number of allylic oxidation sites excluding steroid dienone is 2. The van der Waals surface area contributed by atoms with Crippen molar-refractivity contribution in [3.8, 4) is 11.4 Å². The maximum atomic E-state index is 12.9. The number of carbonyl (C=O) groups excluding carboxylic acids is 1. The monoisotopic (exact) mass is 512 g/mol. The molecule has 0 atom stereocenters. The Morgan fingerprint density at radius 2 is 1.66 bits per heavy atom. The molecule has 2 heterocycles. The molecule has 1 aromatic heterocycles. The minimum absolute atomic E-state index is 0.275. The number of hydrogen-bond acceptors (Lipinski definition) is 7. The van der Waals surface area contributed by atoms with Crippen molar-refractivity contribution in [1.82, 2.24) is 9.78 Å². The molecule has 1 aliphatic rings. The molecule has 0 unspecified atom stereocenters. The third-order valence-electron chi connectivity index (χ3n) is 5.28. The summed E-state index contributed by atoms with van der Waals surface area (Å²) in [6.45, 7) is 3.43. The van der Waals surface area contributed by atoms with Crippen LogP contribution in [0.15, 0.2) is 81.0 Å². The van der Waals surface area contributed by atoms with Gasteiger partial charge in [0.15, 0.2) is 0 Å². The maximum Gasteiger partial charge on any atom is 0.294 e. The normalized spacial score (nSPS) is 15.3. The molecule has 2 aromatic carbocycles. The van der Waals surface area contributed by atoms with E-state index in [2.05, 4.69) is 23.1 Å². The van der Waals surface area contributed by atoms with Gasteiger partial charge in [0, 0.05) is 18.6 Å². The van der Waals surface area contributed by atoms with Crippen LogP contribution >= 0.6 is 12.9 Å². The first kappa shape index (κ1) is 24.3. The summed E-state index contributed by atoms with van der Waals surface area (Å²) in [5.74, 6) is 0.221. The number of amides is 1. The molecule has 180 valence electrons. The lowest BCUT2D eigenvalue weighted by Crippen LogP contribution is -2.21. The lowest BCUT2D eigenvalue weighted by atomic mass is 10.1. The van der Waals surface area contributed by atoms with Crippen molar-refractivity contribution in [3.05, 3.63) is 87.9 Å². The van der Waals surface area contributed by atoms with Crippen molar-refractivity contribution >= 4 is 46.4 Å². The number of anilines is 1. The summed E-state index contributed by atoms with van der Waals surface area (Å²) in [7, 11) is -4.33. The van der Waals surface area contributed by atoms with Crippen LogP contribution in [0.25, 0.3) is 11.8 Å². The van der Waals surface area contributed by atoms with Crippen LogP contribution in [0.4, 0.5) is 5.69 Å². The van der Waals surface area contributed by atoms with E-state index in [1.165, 1.54) is 34.0 Å². The van der Waals surface area contributed by atoms with Gasteiger partial charge in [-0.1, -0.05) is 6.08 Å². The number of benzene rings is 2. The number of hydrazone groups is 1. The molecule has 0 aliphatic carbocycles. The Hall–Kier alpha value is -3.87. The van der Waals surface area contributed by atoms with E-state index in [0.29, 0.717) is 39.7 Å². The Labute approximate surface area is 206 Å². The molecule has 10 nitrogen and oxygen atoms in total. The molecule has 0 radical (unpaired) electrons. The summed E-state index contributed by atoms with van der Waals surface area (Å²) in [4.78, 5) is 25.5. The fourth-order valence-electron chi connectivity index (χ4n) is 3.48. The molecule has 0 bridgehead atoms. The number of H-pyrrole nitrogens is 1. The molecule has 0 saturated heterocycles. The van der Waals surface area contributed by atoms with Crippen LogP contribution in [0.1, 0.15) is 18.2 Å². The van der Waals surface area contributed by atoms with Gasteiger partial charge in [0.1, 0.15) is 5.75 Å². The predicted octanol–water partition coefficient (Wildman–Crippen LogP) is 3.31. The Kier molecular flexibility index (Phi) is 6.52. The quantitative estimate of drug-likeness (QED) is 0.201. The van der Waals surface area contributed by atoms with Crippen LogP contribution in [0.3, 0.4) is 0 Å². The van der Waals surface area contributed by atoms with Gasteiger partial charge in [-0.3, -0.25) is 19.2 Å². The first-order valence-electron chi connectivity index (χ1n) is 10.2. The number of carbonyl (C=O) groups is 1. The third-order valence-corrected chi connectivity index (χ3v) is 6.36. The predicted molar refractivity (Wildman–Crippen MR) is 135 cm³/mol. The van der Waals surface area contributed by atoms with Crippen LogP contribution in [-0.4, -0.2) is 34.4 Å². The Balaban J connectivity index is 1.57. The van der Waals surface area contributed by atoms with Gasteiger partial charge in [-0.05, 0) is 74.5 Å². The second kappa shape index (κ2) is 9.41. The zero-order valence-electron chi connectivity index (χ0n) is 18.5. The third kappa shape index (κ3) is 4.85. The van der Waals surface area contributed by atoms with Crippen LogP contribution in [0.2, 0.25) is 0 Å². The maximum absolute atomic E-state index is 12.9. The summed E-state index contributed by atoms with van der Waals surface area (Å²) >= 11 is 3.74. The van der Waals surface area contributed by atoms with Crippen molar-refractivity contribution in [2.75, 3.05) is 5.01 Å².